The van der Waals surface area contributed by atoms with Gasteiger partial charge in [-0.15, -0.1) is 0 Å². The molecule has 0 aromatic heterocycles. The Morgan fingerprint density at radius 1 is 1.03 bits per heavy atom. The predicted molar refractivity (Wildman–Crippen MR) is 143 cm³/mol. The number of aryl methyl sites for hydroxylation is 3. The lowest BCUT2D eigenvalue weighted by atomic mass is 10.1. The largest absolute Gasteiger partial charge is 0.484 e. The molecule has 3 aromatic carbocycles. The molecule has 0 unspecified atom stereocenters. The highest BCUT2D eigenvalue weighted by molar-refractivity contribution is 8.27. The van der Waals surface area contributed by atoms with Gasteiger partial charge in [0.1, 0.15) is 5.75 Å². The second kappa shape index (κ2) is 10.2. The second-order valence-electron chi connectivity index (χ2n) is 8.08. The maximum Gasteiger partial charge on any atom is 0.270 e. The fraction of sp³-hybridized carbons (Fsp3) is 0.148. The Kier molecular flexibility index (Phi) is 7.14. The summed E-state index contributed by atoms with van der Waals surface area (Å²) < 4.78 is 6.11. The number of nitrogens with zero attached hydrogens (tertiary/aromatic N) is 1. The first-order chi connectivity index (χ1) is 16.3. The van der Waals surface area contributed by atoms with Crippen LogP contribution in [0.1, 0.15) is 22.3 Å². The van der Waals surface area contributed by atoms with Crippen molar-refractivity contribution in [2.24, 2.45) is 0 Å². The van der Waals surface area contributed by atoms with E-state index < -0.39 is 0 Å². The molecule has 7 heteroatoms. The lowest BCUT2D eigenvalue weighted by molar-refractivity contribution is -0.118. The molecule has 1 N–H and O–H groups in total. The number of thioether (sulfide) groups is 1. The summed E-state index contributed by atoms with van der Waals surface area (Å²) in [6, 6.07) is 20.8. The van der Waals surface area contributed by atoms with Gasteiger partial charge in [-0.1, -0.05) is 65.9 Å². The molecule has 4 rings (SSSR count). The van der Waals surface area contributed by atoms with Crippen LogP contribution in [0.5, 0.6) is 5.75 Å². The third kappa shape index (κ3) is 5.55. The van der Waals surface area contributed by atoms with E-state index in [9.17, 15) is 9.59 Å². The summed E-state index contributed by atoms with van der Waals surface area (Å²) in [5.41, 5.74) is 5.60. The van der Waals surface area contributed by atoms with Crippen molar-refractivity contribution in [3.05, 3.63) is 93.9 Å². The van der Waals surface area contributed by atoms with Crippen LogP contribution in [-0.4, -0.2) is 22.7 Å². The molecule has 0 bridgehead atoms. The smallest absolute Gasteiger partial charge is 0.270 e. The Morgan fingerprint density at radius 3 is 2.47 bits per heavy atom. The molecule has 0 radical (unpaired) electrons. The number of carbonyl (C=O) groups is 2. The molecule has 2 amide bonds. The summed E-state index contributed by atoms with van der Waals surface area (Å²) in [6.45, 7) is 5.87. The van der Waals surface area contributed by atoms with Gasteiger partial charge in [0.25, 0.3) is 11.8 Å². The normalized spacial score (nSPS) is 14.6. The molecular weight excluding hydrogens is 464 g/mol. The third-order valence-corrected chi connectivity index (χ3v) is 6.54. The van der Waals surface area contributed by atoms with E-state index in [1.807, 2.05) is 81.4 Å². The molecule has 1 heterocycles. The van der Waals surface area contributed by atoms with Crippen molar-refractivity contribution in [1.82, 2.24) is 0 Å². The quantitative estimate of drug-likeness (QED) is 0.339. The topological polar surface area (TPSA) is 58.6 Å². The molecule has 0 saturated carbocycles. The zero-order valence-electron chi connectivity index (χ0n) is 19.1. The Labute approximate surface area is 208 Å². The molecule has 0 spiro atoms. The van der Waals surface area contributed by atoms with Crippen molar-refractivity contribution in [2.45, 2.75) is 20.8 Å². The number of anilines is 2. The van der Waals surface area contributed by atoms with Gasteiger partial charge in [0, 0.05) is 5.69 Å². The van der Waals surface area contributed by atoms with Crippen molar-refractivity contribution in [3.8, 4) is 5.75 Å². The lowest BCUT2D eigenvalue weighted by Crippen LogP contribution is -2.28. The van der Waals surface area contributed by atoms with E-state index in [1.54, 1.807) is 17.0 Å². The van der Waals surface area contributed by atoms with E-state index >= 15 is 0 Å². The van der Waals surface area contributed by atoms with Crippen LogP contribution >= 0.6 is 24.0 Å². The standard InChI is InChI=1S/C27H24N2O3S2/c1-17-5-4-6-21(14-17)28-25(30)16-32-22-10-8-20(9-11-22)15-24-26(31)29(27(33)34-24)23-12-7-18(2)13-19(23)3/h4-15H,16H2,1-3H3,(H,28,30)/b24-15-. The molecule has 5 nitrogen and oxygen atoms in total. The van der Waals surface area contributed by atoms with Crippen LogP contribution in [0.15, 0.2) is 71.6 Å². The molecule has 1 saturated heterocycles. The fourth-order valence-corrected chi connectivity index (χ4v) is 4.90. The van der Waals surface area contributed by atoms with Gasteiger partial charge in [0.2, 0.25) is 0 Å². The van der Waals surface area contributed by atoms with Crippen LogP contribution < -0.4 is 15.0 Å². The summed E-state index contributed by atoms with van der Waals surface area (Å²) in [7, 11) is 0. The highest BCUT2D eigenvalue weighted by atomic mass is 32.2. The third-order valence-electron chi connectivity index (χ3n) is 5.24. The average molecular weight is 489 g/mol. The van der Waals surface area contributed by atoms with Crippen LogP contribution in [0.25, 0.3) is 6.08 Å². The molecular formula is C27H24N2O3S2. The van der Waals surface area contributed by atoms with E-state index in [-0.39, 0.29) is 18.4 Å². The van der Waals surface area contributed by atoms with Crippen LogP contribution in [0.4, 0.5) is 11.4 Å². The van der Waals surface area contributed by atoms with Gasteiger partial charge in [-0.05, 0) is 73.9 Å². The van der Waals surface area contributed by atoms with Crippen molar-refractivity contribution in [3.63, 3.8) is 0 Å². The SMILES string of the molecule is Cc1cccc(NC(=O)COc2ccc(/C=C3\SC(=S)N(c4ccc(C)cc4C)C3=O)cc2)c1. The monoisotopic (exact) mass is 488 g/mol. The highest BCUT2D eigenvalue weighted by Crippen LogP contribution is 2.37. The van der Waals surface area contributed by atoms with Crippen molar-refractivity contribution >= 4 is 57.6 Å². The lowest BCUT2D eigenvalue weighted by Gasteiger charge is -2.17. The second-order valence-corrected chi connectivity index (χ2v) is 9.76. The number of amides is 2. The summed E-state index contributed by atoms with van der Waals surface area (Å²) >= 11 is 6.78. The average Bonchev–Trinajstić information content (AvgIpc) is 3.06. The number of thiocarbonyl (C=S) groups is 1. The molecule has 1 fully saturated rings. The number of ether oxygens (including phenoxy) is 1. The molecule has 3 aromatic rings. The molecule has 0 atom stereocenters. The predicted octanol–water partition coefficient (Wildman–Crippen LogP) is 6.04. The van der Waals surface area contributed by atoms with Gasteiger partial charge in [-0.2, -0.15) is 0 Å². The molecule has 1 aliphatic heterocycles. The zero-order chi connectivity index (χ0) is 24.2. The summed E-state index contributed by atoms with van der Waals surface area (Å²) in [5.74, 6) is 0.208. The van der Waals surface area contributed by atoms with Crippen LogP contribution in [-0.2, 0) is 9.59 Å². The van der Waals surface area contributed by atoms with E-state index in [0.717, 1.165) is 33.6 Å². The number of nitrogens with one attached hydrogen (secondary N) is 1. The number of carbonyl (C=O) groups excluding carboxylic acids is 2. The van der Waals surface area contributed by atoms with Crippen LogP contribution in [0.2, 0.25) is 0 Å². The van der Waals surface area contributed by atoms with Crippen LogP contribution in [0.3, 0.4) is 0 Å². The van der Waals surface area contributed by atoms with Crippen molar-refractivity contribution in [2.75, 3.05) is 16.8 Å². The number of hydrogen-bond donors (Lipinski definition) is 1. The Balaban J connectivity index is 1.39. The molecule has 34 heavy (non-hydrogen) atoms. The number of hydrogen-bond acceptors (Lipinski definition) is 5. The van der Waals surface area contributed by atoms with Gasteiger partial charge < -0.3 is 10.1 Å². The Hall–Kier alpha value is -3.42. The van der Waals surface area contributed by atoms with Gasteiger partial charge >= 0.3 is 0 Å². The van der Waals surface area contributed by atoms with Gasteiger partial charge in [0.15, 0.2) is 10.9 Å². The first-order valence-electron chi connectivity index (χ1n) is 10.7. The first kappa shape index (κ1) is 23.7. The minimum atomic E-state index is -0.232. The maximum absolute atomic E-state index is 13.1. The highest BCUT2D eigenvalue weighted by Gasteiger charge is 2.34. The van der Waals surface area contributed by atoms with E-state index in [0.29, 0.717) is 15.0 Å². The summed E-state index contributed by atoms with van der Waals surface area (Å²) in [6.07, 6.45) is 1.82. The van der Waals surface area contributed by atoms with Gasteiger partial charge in [-0.25, -0.2) is 0 Å². The first-order valence-corrected chi connectivity index (χ1v) is 12.0. The zero-order valence-corrected chi connectivity index (χ0v) is 20.8. The van der Waals surface area contributed by atoms with E-state index in [1.165, 1.54) is 11.8 Å². The summed E-state index contributed by atoms with van der Waals surface area (Å²) in [5, 5.41) is 2.82. The fourth-order valence-electron chi connectivity index (χ4n) is 3.61. The number of benzene rings is 3. The molecule has 1 aliphatic rings. The van der Waals surface area contributed by atoms with Gasteiger partial charge in [-0.3, -0.25) is 14.5 Å². The molecule has 172 valence electrons. The number of rotatable bonds is 6. The minimum absolute atomic E-state index is 0.0954. The van der Waals surface area contributed by atoms with E-state index in [2.05, 4.69) is 5.32 Å². The van der Waals surface area contributed by atoms with E-state index in [4.69, 9.17) is 17.0 Å². The van der Waals surface area contributed by atoms with Crippen molar-refractivity contribution < 1.29 is 14.3 Å². The Morgan fingerprint density at radius 2 is 1.76 bits per heavy atom. The van der Waals surface area contributed by atoms with Crippen molar-refractivity contribution in [1.29, 1.82) is 0 Å². The van der Waals surface area contributed by atoms with Gasteiger partial charge in [0.05, 0.1) is 10.6 Å². The summed E-state index contributed by atoms with van der Waals surface area (Å²) in [4.78, 5) is 27.4. The Bertz CT molecular complexity index is 1300. The molecule has 0 aliphatic carbocycles. The maximum atomic E-state index is 13.1. The van der Waals surface area contributed by atoms with Crippen LogP contribution in [0, 0.1) is 20.8 Å². The minimum Gasteiger partial charge on any atom is -0.484 e.